The van der Waals surface area contributed by atoms with Crippen LogP contribution in [0, 0.1) is 0 Å². The molecule has 118 valence electrons. The second-order valence-electron chi connectivity index (χ2n) is 5.55. The summed E-state index contributed by atoms with van der Waals surface area (Å²) in [5.74, 6) is 1.02. The maximum absolute atomic E-state index is 12.4. The zero-order chi connectivity index (χ0) is 15.4. The molecule has 1 aliphatic heterocycles. The first kappa shape index (κ1) is 15.4. The summed E-state index contributed by atoms with van der Waals surface area (Å²) in [6.07, 6.45) is 3.62. The van der Waals surface area contributed by atoms with Crippen molar-refractivity contribution < 1.29 is 9.53 Å². The van der Waals surface area contributed by atoms with Crippen molar-refractivity contribution in [3.8, 4) is 0 Å². The van der Waals surface area contributed by atoms with Gasteiger partial charge >= 0.3 is 0 Å². The van der Waals surface area contributed by atoms with Crippen LogP contribution in [0.2, 0.25) is 0 Å². The molecule has 3 rings (SSSR count). The maximum Gasteiger partial charge on any atom is 0.251 e. The number of aromatic nitrogens is 2. The largest absolute Gasteiger partial charge is 0.381 e. The van der Waals surface area contributed by atoms with Crippen molar-refractivity contribution in [1.82, 2.24) is 15.3 Å². The van der Waals surface area contributed by atoms with E-state index < -0.39 is 0 Å². The van der Waals surface area contributed by atoms with Gasteiger partial charge in [0.1, 0.15) is 0 Å². The van der Waals surface area contributed by atoms with Crippen LogP contribution < -0.4 is 5.32 Å². The fourth-order valence-corrected chi connectivity index (χ4v) is 4.08. The third-order valence-electron chi connectivity index (χ3n) is 4.11. The van der Waals surface area contributed by atoms with Gasteiger partial charge in [0.2, 0.25) is 0 Å². The third-order valence-corrected chi connectivity index (χ3v) is 5.56. The standard InChI is InChI=1S/C16H21N3O2S/c1-2-22-16(5-7-21-8-6-16)10-17-15(20)12-3-4-13-14(9-12)19-11-18-13/h3-4,9,11H,2,5-8,10H2,1H3,(H,17,20)(H,18,19). The monoisotopic (exact) mass is 319 g/mol. The van der Waals surface area contributed by atoms with E-state index in [-0.39, 0.29) is 10.7 Å². The van der Waals surface area contributed by atoms with Crippen molar-refractivity contribution in [2.24, 2.45) is 0 Å². The lowest BCUT2D eigenvalue weighted by Crippen LogP contribution is -2.44. The van der Waals surface area contributed by atoms with E-state index in [1.807, 2.05) is 30.0 Å². The molecule has 0 bridgehead atoms. The smallest absolute Gasteiger partial charge is 0.251 e. The van der Waals surface area contributed by atoms with Crippen LogP contribution in [0.15, 0.2) is 24.5 Å². The van der Waals surface area contributed by atoms with Gasteiger partial charge in [-0.3, -0.25) is 4.79 Å². The Bertz CT molecular complexity index is 644. The Labute approximate surface area is 134 Å². The van der Waals surface area contributed by atoms with Gasteiger partial charge in [-0.15, -0.1) is 0 Å². The number of carbonyl (C=O) groups is 1. The first-order valence-corrected chi connectivity index (χ1v) is 8.64. The SMILES string of the molecule is CCSC1(CNC(=O)c2ccc3nc[nH]c3c2)CCOCC1. The number of carbonyl (C=O) groups excluding carboxylic acids is 1. The van der Waals surface area contributed by atoms with Crippen LogP contribution in [0.4, 0.5) is 0 Å². The normalized spacial score (nSPS) is 17.5. The number of amides is 1. The van der Waals surface area contributed by atoms with E-state index in [9.17, 15) is 4.79 Å². The van der Waals surface area contributed by atoms with Gasteiger partial charge in [0, 0.05) is 30.1 Å². The van der Waals surface area contributed by atoms with E-state index in [0.29, 0.717) is 12.1 Å². The molecule has 0 spiro atoms. The molecular weight excluding hydrogens is 298 g/mol. The van der Waals surface area contributed by atoms with Crippen LogP contribution in [-0.2, 0) is 4.74 Å². The molecule has 2 heterocycles. The van der Waals surface area contributed by atoms with E-state index in [4.69, 9.17) is 4.74 Å². The van der Waals surface area contributed by atoms with Crippen LogP contribution in [0.3, 0.4) is 0 Å². The third kappa shape index (κ3) is 3.28. The number of rotatable bonds is 5. The number of nitrogens with zero attached hydrogens (tertiary/aromatic N) is 1. The molecule has 1 aromatic heterocycles. The minimum absolute atomic E-state index is 0.0286. The van der Waals surface area contributed by atoms with Crippen LogP contribution >= 0.6 is 11.8 Å². The zero-order valence-corrected chi connectivity index (χ0v) is 13.5. The molecule has 0 aliphatic carbocycles. The molecule has 2 N–H and O–H groups in total. The lowest BCUT2D eigenvalue weighted by molar-refractivity contribution is 0.0741. The van der Waals surface area contributed by atoms with Crippen molar-refractivity contribution in [2.45, 2.75) is 24.5 Å². The number of nitrogens with one attached hydrogen (secondary N) is 2. The number of thioether (sulfide) groups is 1. The fourth-order valence-electron chi connectivity index (χ4n) is 2.84. The summed E-state index contributed by atoms with van der Waals surface area (Å²) >= 11 is 1.93. The van der Waals surface area contributed by atoms with Crippen LogP contribution in [0.25, 0.3) is 11.0 Å². The lowest BCUT2D eigenvalue weighted by Gasteiger charge is -2.36. The van der Waals surface area contributed by atoms with E-state index in [2.05, 4.69) is 22.2 Å². The first-order chi connectivity index (χ1) is 10.7. The predicted octanol–water partition coefficient (Wildman–Crippen LogP) is 2.60. The molecule has 22 heavy (non-hydrogen) atoms. The van der Waals surface area contributed by atoms with Crippen molar-refractivity contribution >= 4 is 28.7 Å². The lowest BCUT2D eigenvalue weighted by atomic mass is 9.99. The Morgan fingerprint density at radius 3 is 3.05 bits per heavy atom. The molecule has 1 amide bonds. The number of hydrogen-bond donors (Lipinski definition) is 2. The first-order valence-electron chi connectivity index (χ1n) is 7.65. The van der Waals surface area contributed by atoms with Gasteiger partial charge in [0.25, 0.3) is 5.91 Å². The highest BCUT2D eigenvalue weighted by Crippen LogP contribution is 2.34. The molecule has 5 nitrogen and oxygen atoms in total. The molecule has 1 saturated heterocycles. The molecule has 0 atom stereocenters. The van der Waals surface area contributed by atoms with E-state index in [1.54, 1.807) is 6.33 Å². The van der Waals surface area contributed by atoms with E-state index in [1.165, 1.54) is 0 Å². The number of benzene rings is 1. The molecule has 1 fully saturated rings. The predicted molar refractivity (Wildman–Crippen MR) is 89.3 cm³/mol. The minimum atomic E-state index is -0.0286. The summed E-state index contributed by atoms with van der Waals surface area (Å²) in [4.78, 5) is 19.6. The Morgan fingerprint density at radius 1 is 1.45 bits per heavy atom. The average Bonchev–Trinajstić information content (AvgIpc) is 3.01. The number of aromatic amines is 1. The van der Waals surface area contributed by atoms with Crippen molar-refractivity contribution in [3.05, 3.63) is 30.1 Å². The molecule has 6 heteroatoms. The molecule has 1 aromatic carbocycles. The number of imidazole rings is 1. The van der Waals surface area contributed by atoms with Gasteiger partial charge in [-0.05, 0) is 36.8 Å². The van der Waals surface area contributed by atoms with E-state index >= 15 is 0 Å². The number of fused-ring (bicyclic) bond motifs is 1. The van der Waals surface area contributed by atoms with Crippen LogP contribution in [0.5, 0.6) is 0 Å². The van der Waals surface area contributed by atoms with Gasteiger partial charge in [-0.25, -0.2) is 4.98 Å². The number of hydrogen-bond acceptors (Lipinski definition) is 4. The molecule has 0 radical (unpaired) electrons. The molecule has 2 aromatic rings. The topological polar surface area (TPSA) is 67.0 Å². The highest BCUT2D eigenvalue weighted by atomic mass is 32.2. The average molecular weight is 319 g/mol. The van der Waals surface area contributed by atoms with Crippen molar-refractivity contribution in [1.29, 1.82) is 0 Å². The van der Waals surface area contributed by atoms with E-state index in [0.717, 1.165) is 42.8 Å². The zero-order valence-electron chi connectivity index (χ0n) is 12.7. The Kier molecular flexibility index (Phi) is 4.69. The van der Waals surface area contributed by atoms with Crippen LogP contribution in [-0.4, -0.2) is 46.1 Å². The second-order valence-corrected chi connectivity index (χ2v) is 7.28. The molecule has 0 unspecified atom stereocenters. The Balaban J connectivity index is 1.67. The number of ether oxygens (including phenoxy) is 1. The summed E-state index contributed by atoms with van der Waals surface area (Å²) in [6.45, 7) is 4.41. The fraction of sp³-hybridized carbons (Fsp3) is 0.500. The minimum Gasteiger partial charge on any atom is -0.381 e. The van der Waals surface area contributed by atoms with Gasteiger partial charge in [0.05, 0.1) is 17.4 Å². The van der Waals surface area contributed by atoms with Crippen LogP contribution in [0.1, 0.15) is 30.1 Å². The van der Waals surface area contributed by atoms with Crippen molar-refractivity contribution in [2.75, 3.05) is 25.5 Å². The Hall–Kier alpha value is -1.53. The highest BCUT2D eigenvalue weighted by Gasteiger charge is 2.33. The van der Waals surface area contributed by atoms with Gasteiger partial charge < -0.3 is 15.0 Å². The van der Waals surface area contributed by atoms with Gasteiger partial charge in [-0.1, -0.05) is 6.92 Å². The number of H-pyrrole nitrogens is 1. The highest BCUT2D eigenvalue weighted by molar-refractivity contribution is 8.00. The summed E-state index contributed by atoms with van der Waals surface area (Å²) in [5, 5.41) is 3.10. The Morgan fingerprint density at radius 2 is 2.27 bits per heavy atom. The maximum atomic E-state index is 12.4. The van der Waals surface area contributed by atoms with Gasteiger partial charge in [0.15, 0.2) is 0 Å². The molecular formula is C16H21N3O2S. The molecule has 1 aliphatic rings. The summed E-state index contributed by atoms with van der Waals surface area (Å²) < 4.78 is 5.58. The molecule has 0 saturated carbocycles. The quantitative estimate of drug-likeness (QED) is 0.889. The second kappa shape index (κ2) is 6.71. The summed E-state index contributed by atoms with van der Waals surface area (Å²) in [6, 6.07) is 5.54. The summed E-state index contributed by atoms with van der Waals surface area (Å²) in [7, 11) is 0. The van der Waals surface area contributed by atoms with Crippen molar-refractivity contribution in [3.63, 3.8) is 0 Å². The van der Waals surface area contributed by atoms with Gasteiger partial charge in [-0.2, -0.15) is 11.8 Å². The summed E-state index contributed by atoms with van der Waals surface area (Å²) in [5.41, 5.74) is 2.43.